The van der Waals surface area contributed by atoms with Gasteiger partial charge in [-0.15, -0.1) is 0 Å². The van der Waals surface area contributed by atoms with Crippen LogP contribution in [0.4, 0.5) is 0 Å². The first-order valence-corrected chi connectivity index (χ1v) is 33.7. The number of esters is 3. The molecule has 11 nitrogen and oxygen atoms in total. The van der Waals surface area contributed by atoms with Crippen molar-refractivity contribution >= 4 is 25.7 Å². The number of unbranched alkanes of at least 4 members (excludes halogenated alkanes) is 40. The van der Waals surface area contributed by atoms with Crippen LogP contribution in [0, 0.1) is 0 Å². The van der Waals surface area contributed by atoms with Crippen molar-refractivity contribution in [2.45, 2.75) is 341 Å². The Morgan fingerprint density at radius 1 is 0.368 bits per heavy atom. The minimum Gasteiger partial charge on any atom is -0.462 e. The monoisotopic (exact) mass is 1100 g/mol. The van der Waals surface area contributed by atoms with Crippen molar-refractivity contribution in [1.82, 2.24) is 0 Å². The maximum Gasteiger partial charge on any atom is 0.472 e. The quantitative estimate of drug-likeness (QED) is 0.0197. The fraction of sp³-hybridized carbons (Fsp3) is 0.891. The summed E-state index contributed by atoms with van der Waals surface area (Å²) in [5, 5.41) is 9.84. The Balaban J connectivity index is 4.66. The molecule has 3 unspecified atom stereocenters. The predicted molar refractivity (Wildman–Crippen MR) is 316 cm³/mol. The normalized spacial score (nSPS) is 13.4. The van der Waals surface area contributed by atoms with Crippen LogP contribution < -0.4 is 0 Å². The highest BCUT2D eigenvalue weighted by Crippen LogP contribution is 2.43. The fourth-order valence-electron chi connectivity index (χ4n) is 9.45. The van der Waals surface area contributed by atoms with Crippen molar-refractivity contribution in [3.05, 3.63) is 24.3 Å². The van der Waals surface area contributed by atoms with Crippen molar-refractivity contribution in [3.63, 3.8) is 0 Å². The lowest BCUT2D eigenvalue weighted by Gasteiger charge is -2.21. The minimum absolute atomic E-state index is 0.172. The first-order chi connectivity index (χ1) is 37.2. The molecular formula is C64H121O11P. The molecule has 0 aliphatic heterocycles. The first kappa shape index (κ1) is 74.0. The Bertz CT molecular complexity index is 1370. The number of carbonyl (C=O) groups is 3. The van der Waals surface area contributed by atoms with Gasteiger partial charge in [-0.25, -0.2) is 4.57 Å². The molecule has 3 atom stereocenters. The van der Waals surface area contributed by atoms with Gasteiger partial charge in [0.1, 0.15) is 12.7 Å². The Hall–Kier alpha value is -2.04. The van der Waals surface area contributed by atoms with E-state index in [0.717, 1.165) is 83.5 Å². The van der Waals surface area contributed by atoms with Gasteiger partial charge < -0.3 is 24.2 Å². The number of aliphatic hydroxyl groups excluding tert-OH is 1. The predicted octanol–water partition coefficient (Wildman–Crippen LogP) is 19.4. The number of aliphatic hydroxyl groups is 1. The number of phosphoric acid groups is 1. The molecule has 0 fully saturated rings. The van der Waals surface area contributed by atoms with Crippen molar-refractivity contribution in [1.29, 1.82) is 0 Å². The first-order valence-electron chi connectivity index (χ1n) is 32.2. The van der Waals surface area contributed by atoms with Crippen LogP contribution >= 0.6 is 7.82 Å². The van der Waals surface area contributed by atoms with E-state index in [4.69, 9.17) is 23.3 Å². The fourth-order valence-corrected chi connectivity index (χ4v) is 10.2. The topological polar surface area (TPSA) is 155 Å². The molecule has 2 N–H and O–H groups in total. The third kappa shape index (κ3) is 56.7. The molecule has 0 spiro atoms. The molecule has 0 amide bonds. The van der Waals surface area contributed by atoms with Gasteiger partial charge in [0.2, 0.25) is 0 Å². The van der Waals surface area contributed by atoms with Crippen molar-refractivity contribution in [2.75, 3.05) is 26.4 Å². The van der Waals surface area contributed by atoms with E-state index >= 15 is 0 Å². The summed E-state index contributed by atoms with van der Waals surface area (Å²) in [4.78, 5) is 48.7. The number of rotatable bonds is 61. The highest BCUT2D eigenvalue weighted by molar-refractivity contribution is 7.47. The minimum atomic E-state index is -4.75. The van der Waals surface area contributed by atoms with E-state index in [0.29, 0.717) is 19.3 Å². The van der Waals surface area contributed by atoms with Crippen molar-refractivity contribution in [3.8, 4) is 0 Å². The van der Waals surface area contributed by atoms with Gasteiger partial charge in [-0.05, 0) is 51.4 Å². The maximum absolute atomic E-state index is 12.9. The average Bonchev–Trinajstić information content (AvgIpc) is 3.41. The maximum atomic E-state index is 12.9. The summed E-state index contributed by atoms with van der Waals surface area (Å²) >= 11 is 0. The molecule has 0 radical (unpaired) electrons. The van der Waals surface area contributed by atoms with Crippen LogP contribution in [0.2, 0.25) is 0 Å². The SMILES string of the molecule is CCCCC/C=C\C/C=C\CCCCCCCC(=O)OCC(COP(=O)(O)OCC(CO)OC(=O)CCCCCCCCCCCCCCCCC)OC(=O)CCCCCCCCCCCCCCCCCCCCC. The Morgan fingerprint density at radius 2 is 0.645 bits per heavy atom. The molecule has 0 saturated heterocycles. The summed E-state index contributed by atoms with van der Waals surface area (Å²) in [7, 11) is -4.75. The highest BCUT2D eigenvalue weighted by atomic mass is 31.2. The molecule has 448 valence electrons. The second kappa shape index (κ2) is 59.1. The van der Waals surface area contributed by atoms with Crippen LogP contribution in [0.25, 0.3) is 0 Å². The lowest BCUT2D eigenvalue weighted by atomic mass is 10.0. The Morgan fingerprint density at radius 3 is 1.00 bits per heavy atom. The summed E-state index contributed by atoms with van der Waals surface area (Å²) in [6.07, 6.45) is 61.3. The van der Waals surface area contributed by atoms with E-state index in [9.17, 15) is 28.9 Å². The molecule has 0 aliphatic rings. The van der Waals surface area contributed by atoms with E-state index < -0.39 is 57.8 Å². The number of hydrogen-bond donors (Lipinski definition) is 2. The Labute approximate surface area is 468 Å². The average molecular weight is 1100 g/mol. The molecule has 0 bridgehead atoms. The molecular weight excluding hydrogens is 976 g/mol. The largest absolute Gasteiger partial charge is 0.472 e. The van der Waals surface area contributed by atoms with E-state index in [2.05, 4.69) is 45.1 Å². The standard InChI is InChI=1S/C64H121O11P/c1-4-7-10-13-16-19-22-25-28-29-30-31-34-37-40-43-46-49-52-55-64(68)75-61(57-71-62(66)53-50-47-44-41-38-35-32-26-23-20-17-14-11-8-5-2)59-73-76(69,70)72-58-60(56-65)74-63(67)54-51-48-45-42-39-36-33-27-24-21-18-15-12-9-6-3/h17,20,26,32,60-61,65H,4-16,18-19,21-25,27-31,33-59H2,1-3H3,(H,69,70)/b20-17-,32-26-. The second-order valence-electron chi connectivity index (χ2n) is 21.9. The number of allylic oxidation sites excluding steroid dienone is 4. The molecule has 0 aliphatic carbocycles. The van der Waals surface area contributed by atoms with Gasteiger partial charge in [0.15, 0.2) is 6.10 Å². The summed E-state index contributed by atoms with van der Waals surface area (Å²) in [5.41, 5.74) is 0. The Kier molecular flexibility index (Phi) is 57.5. The summed E-state index contributed by atoms with van der Waals surface area (Å²) in [6, 6.07) is 0. The number of phosphoric ester groups is 1. The molecule has 0 rings (SSSR count). The van der Waals surface area contributed by atoms with Gasteiger partial charge in [0, 0.05) is 19.3 Å². The van der Waals surface area contributed by atoms with Gasteiger partial charge in [-0.3, -0.25) is 23.4 Å². The molecule has 0 saturated carbocycles. The van der Waals surface area contributed by atoms with E-state index in [1.54, 1.807) is 0 Å². The van der Waals surface area contributed by atoms with Crippen LogP contribution in [0.5, 0.6) is 0 Å². The van der Waals surface area contributed by atoms with Crippen molar-refractivity contribution < 1.29 is 52.2 Å². The number of ether oxygens (including phenoxy) is 3. The van der Waals surface area contributed by atoms with Crippen LogP contribution in [0.1, 0.15) is 329 Å². The molecule has 0 aromatic carbocycles. The van der Waals surface area contributed by atoms with Gasteiger partial charge >= 0.3 is 25.7 Å². The molecule has 0 aromatic heterocycles. The van der Waals surface area contributed by atoms with E-state index in [-0.39, 0.29) is 25.9 Å². The third-order valence-corrected chi connectivity index (χ3v) is 15.3. The number of hydrogen-bond acceptors (Lipinski definition) is 10. The zero-order valence-electron chi connectivity index (χ0n) is 49.7. The summed E-state index contributed by atoms with van der Waals surface area (Å²) in [6.45, 7) is 4.69. The van der Waals surface area contributed by atoms with Gasteiger partial charge in [-0.2, -0.15) is 0 Å². The lowest BCUT2D eigenvalue weighted by molar-refractivity contribution is -0.161. The van der Waals surface area contributed by atoms with Crippen molar-refractivity contribution in [2.24, 2.45) is 0 Å². The summed E-state index contributed by atoms with van der Waals surface area (Å²) < 4.78 is 39.7. The lowest BCUT2D eigenvalue weighted by Crippen LogP contribution is -2.30. The van der Waals surface area contributed by atoms with Crippen LogP contribution in [-0.2, 0) is 42.2 Å². The van der Waals surface area contributed by atoms with Gasteiger partial charge in [0.05, 0.1) is 19.8 Å². The van der Waals surface area contributed by atoms with Crippen LogP contribution in [-0.4, -0.2) is 66.5 Å². The summed E-state index contributed by atoms with van der Waals surface area (Å²) in [5.74, 6) is -1.45. The molecule has 0 aromatic rings. The van der Waals surface area contributed by atoms with Crippen LogP contribution in [0.3, 0.4) is 0 Å². The molecule has 12 heteroatoms. The molecule has 0 heterocycles. The van der Waals surface area contributed by atoms with Crippen LogP contribution in [0.15, 0.2) is 24.3 Å². The van der Waals surface area contributed by atoms with Gasteiger partial charge in [-0.1, -0.05) is 283 Å². The smallest absolute Gasteiger partial charge is 0.462 e. The third-order valence-electron chi connectivity index (χ3n) is 14.4. The second-order valence-corrected chi connectivity index (χ2v) is 23.4. The van der Waals surface area contributed by atoms with E-state index in [1.807, 2.05) is 0 Å². The van der Waals surface area contributed by atoms with Gasteiger partial charge in [0.25, 0.3) is 0 Å². The highest BCUT2D eigenvalue weighted by Gasteiger charge is 2.28. The zero-order valence-corrected chi connectivity index (χ0v) is 50.6. The van der Waals surface area contributed by atoms with E-state index in [1.165, 1.54) is 186 Å². The molecule has 76 heavy (non-hydrogen) atoms. The number of carbonyl (C=O) groups excluding carboxylic acids is 3. The zero-order chi connectivity index (χ0) is 55.5.